The van der Waals surface area contributed by atoms with E-state index in [4.69, 9.17) is 0 Å². The number of rotatable bonds is 8. The zero-order valence-electron chi connectivity index (χ0n) is 16.5. The molecule has 0 aromatic carbocycles. The SMILES string of the molecule is CC[NH+](CC)CCCNC(=O)c1nn2c(C(F)(F)F)cc(-c3cccs3)nc2c1Br. The topological polar surface area (TPSA) is 63.7 Å². The lowest BCUT2D eigenvalue weighted by molar-refractivity contribution is -0.896. The zero-order chi connectivity index (χ0) is 21.9. The van der Waals surface area contributed by atoms with Crippen molar-refractivity contribution in [1.82, 2.24) is 19.9 Å². The zero-order valence-corrected chi connectivity index (χ0v) is 18.9. The van der Waals surface area contributed by atoms with Crippen molar-refractivity contribution in [2.45, 2.75) is 26.4 Å². The second-order valence-corrected chi connectivity index (χ2v) is 8.46. The number of nitrogens with one attached hydrogen (secondary N) is 2. The van der Waals surface area contributed by atoms with Crippen LogP contribution in [0.1, 0.15) is 36.5 Å². The second-order valence-electron chi connectivity index (χ2n) is 6.72. The Kier molecular flexibility index (Phi) is 7.14. The molecule has 162 valence electrons. The molecule has 3 aromatic heterocycles. The Morgan fingerprint density at radius 3 is 2.67 bits per heavy atom. The first-order valence-corrected chi connectivity index (χ1v) is 11.3. The van der Waals surface area contributed by atoms with Gasteiger partial charge >= 0.3 is 6.18 Å². The molecule has 3 aromatic rings. The lowest BCUT2D eigenvalue weighted by atomic mass is 10.2. The molecular formula is C19H22BrF3N5OS+. The summed E-state index contributed by atoms with van der Waals surface area (Å²) >= 11 is 4.52. The minimum Gasteiger partial charge on any atom is -0.350 e. The first kappa shape index (κ1) is 22.7. The number of hydrogen-bond acceptors (Lipinski definition) is 4. The Hall–Kier alpha value is -1.98. The van der Waals surface area contributed by atoms with Crippen LogP contribution in [0.15, 0.2) is 28.1 Å². The Bertz CT molecular complexity index is 1020. The molecule has 0 aliphatic rings. The minimum absolute atomic E-state index is 0.0500. The van der Waals surface area contributed by atoms with Gasteiger partial charge in [-0.05, 0) is 47.3 Å². The van der Waals surface area contributed by atoms with Gasteiger partial charge in [0.1, 0.15) is 0 Å². The van der Waals surface area contributed by atoms with Crippen molar-refractivity contribution < 1.29 is 22.9 Å². The van der Waals surface area contributed by atoms with Gasteiger partial charge in [0.2, 0.25) is 0 Å². The second kappa shape index (κ2) is 9.44. The molecule has 0 saturated carbocycles. The highest BCUT2D eigenvalue weighted by molar-refractivity contribution is 9.10. The van der Waals surface area contributed by atoms with Crippen molar-refractivity contribution in [3.8, 4) is 10.6 Å². The third kappa shape index (κ3) is 4.84. The van der Waals surface area contributed by atoms with Gasteiger partial charge in [-0.3, -0.25) is 4.79 Å². The molecule has 2 N–H and O–H groups in total. The summed E-state index contributed by atoms with van der Waals surface area (Å²) in [6, 6.07) is 4.38. The van der Waals surface area contributed by atoms with E-state index in [1.165, 1.54) is 16.2 Å². The van der Waals surface area contributed by atoms with E-state index in [0.717, 1.165) is 32.1 Å². The van der Waals surface area contributed by atoms with Gasteiger partial charge in [0.25, 0.3) is 5.91 Å². The molecule has 0 atom stereocenters. The van der Waals surface area contributed by atoms with E-state index in [1.54, 1.807) is 17.5 Å². The average Bonchev–Trinajstić information content (AvgIpc) is 3.35. The highest BCUT2D eigenvalue weighted by Gasteiger charge is 2.36. The highest BCUT2D eigenvalue weighted by atomic mass is 79.9. The summed E-state index contributed by atoms with van der Waals surface area (Å²) in [6.45, 7) is 7.52. The lowest BCUT2D eigenvalue weighted by Gasteiger charge is -2.14. The number of aromatic nitrogens is 3. The molecule has 0 saturated heterocycles. The fraction of sp³-hybridized carbons (Fsp3) is 0.421. The maximum Gasteiger partial charge on any atom is 0.433 e. The van der Waals surface area contributed by atoms with E-state index in [2.05, 4.69) is 45.2 Å². The molecule has 6 nitrogen and oxygen atoms in total. The van der Waals surface area contributed by atoms with Crippen LogP contribution in [-0.4, -0.2) is 46.7 Å². The van der Waals surface area contributed by atoms with Crippen LogP contribution in [-0.2, 0) is 6.18 Å². The normalized spacial score (nSPS) is 12.1. The molecule has 3 rings (SSSR count). The van der Waals surface area contributed by atoms with Gasteiger partial charge in [-0.2, -0.15) is 18.3 Å². The van der Waals surface area contributed by atoms with E-state index in [9.17, 15) is 18.0 Å². The minimum atomic E-state index is -4.65. The number of thiophene rings is 1. The van der Waals surface area contributed by atoms with Crippen molar-refractivity contribution in [3.05, 3.63) is 39.4 Å². The summed E-state index contributed by atoms with van der Waals surface area (Å²) in [5.41, 5.74) is -0.974. The maximum absolute atomic E-state index is 13.7. The quantitative estimate of drug-likeness (QED) is 0.462. The molecule has 30 heavy (non-hydrogen) atoms. The standard InChI is InChI=1S/C19H21BrF3N5OS/c1-3-27(4-2)9-6-8-24-18(29)16-15(20)17-25-12(13-7-5-10-30-13)11-14(19(21,22)23)28(17)26-16/h5,7,10-11H,3-4,6,8-9H2,1-2H3,(H,24,29)/p+1. The number of amides is 1. The van der Waals surface area contributed by atoms with Crippen LogP contribution >= 0.6 is 27.3 Å². The number of carbonyl (C=O) groups excluding carboxylic acids is 1. The van der Waals surface area contributed by atoms with Crippen molar-refractivity contribution >= 4 is 38.8 Å². The Balaban J connectivity index is 1.90. The van der Waals surface area contributed by atoms with Gasteiger partial charge in [0, 0.05) is 13.0 Å². The molecular weight excluding hydrogens is 483 g/mol. The predicted molar refractivity (Wildman–Crippen MR) is 113 cm³/mol. The molecule has 11 heteroatoms. The monoisotopic (exact) mass is 504 g/mol. The number of fused-ring (bicyclic) bond motifs is 1. The third-order valence-corrected chi connectivity index (χ3v) is 6.43. The summed E-state index contributed by atoms with van der Waals surface area (Å²) in [5, 5.41) is 8.42. The van der Waals surface area contributed by atoms with Gasteiger partial charge < -0.3 is 10.2 Å². The van der Waals surface area contributed by atoms with E-state index in [-0.39, 0.29) is 21.5 Å². The fourth-order valence-corrected chi connectivity index (χ4v) is 4.32. The van der Waals surface area contributed by atoms with Crippen molar-refractivity contribution in [2.75, 3.05) is 26.2 Å². The van der Waals surface area contributed by atoms with Gasteiger partial charge in [0.15, 0.2) is 17.0 Å². The Morgan fingerprint density at radius 2 is 2.07 bits per heavy atom. The number of alkyl halides is 3. The number of hydrogen-bond donors (Lipinski definition) is 2. The molecule has 0 unspecified atom stereocenters. The van der Waals surface area contributed by atoms with E-state index >= 15 is 0 Å². The molecule has 3 heterocycles. The van der Waals surface area contributed by atoms with Crippen molar-refractivity contribution in [1.29, 1.82) is 0 Å². The number of nitrogens with zero attached hydrogens (tertiary/aromatic N) is 3. The van der Waals surface area contributed by atoms with E-state index in [1.807, 2.05) is 0 Å². The van der Waals surface area contributed by atoms with Gasteiger partial charge in [-0.1, -0.05) is 6.07 Å². The molecule has 0 fully saturated rings. The van der Waals surface area contributed by atoms with Gasteiger partial charge in [0.05, 0.1) is 34.7 Å². The lowest BCUT2D eigenvalue weighted by Crippen LogP contribution is -3.11. The molecule has 0 aliphatic carbocycles. The smallest absolute Gasteiger partial charge is 0.350 e. The summed E-state index contributed by atoms with van der Waals surface area (Å²) in [7, 11) is 0. The van der Waals surface area contributed by atoms with Gasteiger partial charge in [-0.25, -0.2) is 9.50 Å². The molecule has 0 aliphatic heterocycles. The number of halogens is 4. The van der Waals surface area contributed by atoms with Crippen molar-refractivity contribution in [3.63, 3.8) is 0 Å². The average molecular weight is 505 g/mol. The van der Waals surface area contributed by atoms with Crippen LogP contribution in [0.4, 0.5) is 13.2 Å². The van der Waals surface area contributed by atoms with Gasteiger partial charge in [-0.15, -0.1) is 11.3 Å². The van der Waals surface area contributed by atoms with Crippen molar-refractivity contribution in [2.24, 2.45) is 0 Å². The summed E-state index contributed by atoms with van der Waals surface area (Å²) < 4.78 is 41.8. The predicted octanol–water partition coefficient (Wildman–Crippen LogP) is 3.28. The third-order valence-electron chi connectivity index (χ3n) is 4.80. The molecule has 0 radical (unpaired) electrons. The fourth-order valence-electron chi connectivity index (χ4n) is 3.12. The molecule has 0 spiro atoms. The van der Waals surface area contributed by atoms with Crippen LogP contribution in [0, 0.1) is 0 Å². The van der Waals surface area contributed by atoms with Crippen LogP contribution in [0.2, 0.25) is 0 Å². The Labute approximate surface area is 184 Å². The maximum atomic E-state index is 13.7. The van der Waals surface area contributed by atoms with Crippen LogP contribution in [0.3, 0.4) is 0 Å². The summed E-state index contributed by atoms with van der Waals surface area (Å²) in [6.07, 6.45) is -3.89. The summed E-state index contributed by atoms with van der Waals surface area (Å²) in [5.74, 6) is -0.535. The number of quaternary nitrogens is 1. The van der Waals surface area contributed by atoms with Crippen LogP contribution in [0.25, 0.3) is 16.2 Å². The van der Waals surface area contributed by atoms with Crippen LogP contribution < -0.4 is 10.2 Å². The summed E-state index contributed by atoms with van der Waals surface area (Å²) in [4.78, 5) is 18.9. The van der Waals surface area contributed by atoms with Crippen LogP contribution in [0.5, 0.6) is 0 Å². The largest absolute Gasteiger partial charge is 0.433 e. The first-order chi connectivity index (χ1) is 14.3. The molecule has 0 bridgehead atoms. The van der Waals surface area contributed by atoms with E-state index in [0.29, 0.717) is 15.9 Å². The molecule has 1 amide bonds. The Morgan fingerprint density at radius 1 is 1.33 bits per heavy atom. The highest BCUT2D eigenvalue weighted by Crippen LogP contribution is 2.35. The first-order valence-electron chi connectivity index (χ1n) is 9.58. The van der Waals surface area contributed by atoms with E-state index < -0.39 is 17.8 Å². The number of carbonyl (C=O) groups is 1.